The van der Waals surface area contributed by atoms with Gasteiger partial charge in [0, 0.05) is 0 Å². The Morgan fingerprint density at radius 2 is 1.87 bits per heavy atom. The Bertz CT molecular complexity index is 992. The van der Waals surface area contributed by atoms with Crippen molar-refractivity contribution in [2.75, 3.05) is 0 Å². The number of carbonyl (C=O) groups excluding carboxylic acids is 2. The smallest absolute Gasteiger partial charge is 0.424 e. The minimum Gasteiger partial charge on any atom is -0.456 e. The van der Waals surface area contributed by atoms with Gasteiger partial charge in [-0.05, 0) is 38.5 Å². The van der Waals surface area contributed by atoms with Crippen molar-refractivity contribution in [2.24, 2.45) is 5.92 Å². The molecule has 0 aromatic heterocycles. The van der Waals surface area contributed by atoms with Crippen molar-refractivity contribution in [3.05, 3.63) is 4.13 Å². The van der Waals surface area contributed by atoms with Crippen molar-refractivity contribution in [2.45, 2.75) is 80.7 Å². The maximum atomic E-state index is 14.4. The monoisotopic (exact) mass is 488 g/mol. The number of alkyl halides is 2. The lowest BCUT2D eigenvalue weighted by atomic mass is 9.88. The molecule has 3 saturated heterocycles. The van der Waals surface area contributed by atoms with E-state index in [1.807, 2.05) is 0 Å². The van der Waals surface area contributed by atoms with E-state index in [9.17, 15) is 35.2 Å². The van der Waals surface area contributed by atoms with Gasteiger partial charge in [0.05, 0.1) is 12.0 Å². The minimum absolute atomic E-state index is 0.0779. The standard InChI is InChI=1S/C16H20F2NO10S2/c1-2-15(5-3-4-6-15)28-14(21)16(17,18)30(22,23)19-31(24,25)29-11-9-7-8-10(26-9)12(11)27-13(8)20/h8-12H,2-7H2,1H3/q-1. The molecule has 15 heteroatoms. The first-order valence-electron chi connectivity index (χ1n) is 9.70. The van der Waals surface area contributed by atoms with Crippen molar-refractivity contribution in [1.82, 2.24) is 0 Å². The van der Waals surface area contributed by atoms with Crippen LogP contribution >= 0.6 is 0 Å². The highest BCUT2D eigenvalue weighted by atomic mass is 32.3. The molecule has 4 rings (SSSR count). The normalized spacial score (nSPS) is 34.2. The summed E-state index contributed by atoms with van der Waals surface area (Å²) in [6, 6.07) is 0. The minimum atomic E-state index is -6.22. The fraction of sp³-hybridized carbons (Fsp3) is 0.875. The number of sulfonamides is 1. The molecule has 176 valence electrons. The van der Waals surface area contributed by atoms with Crippen LogP contribution < -0.4 is 0 Å². The van der Waals surface area contributed by atoms with Crippen LogP contribution in [-0.2, 0) is 48.3 Å². The quantitative estimate of drug-likeness (QED) is 0.450. The van der Waals surface area contributed by atoms with Crippen LogP contribution in [0.5, 0.6) is 0 Å². The van der Waals surface area contributed by atoms with E-state index in [1.54, 1.807) is 6.92 Å². The molecule has 0 aromatic carbocycles. The van der Waals surface area contributed by atoms with Gasteiger partial charge in [0.25, 0.3) is 0 Å². The predicted molar refractivity (Wildman–Crippen MR) is 95.2 cm³/mol. The summed E-state index contributed by atoms with van der Waals surface area (Å²) in [6.45, 7) is 1.60. The molecule has 0 aromatic rings. The van der Waals surface area contributed by atoms with E-state index in [2.05, 4.69) is 8.31 Å². The molecule has 0 amide bonds. The number of carbonyl (C=O) groups is 2. The predicted octanol–water partition coefficient (Wildman–Crippen LogP) is 0.891. The van der Waals surface area contributed by atoms with Crippen molar-refractivity contribution in [3.63, 3.8) is 0 Å². The highest BCUT2D eigenvalue weighted by molar-refractivity contribution is 8.11. The third-order valence-electron chi connectivity index (χ3n) is 6.24. The van der Waals surface area contributed by atoms with Crippen LogP contribution in [-0.4, -0.2) is 64.0 Å². The summed E-state index contributed by atoms with van der Waals surface area (Å²) in [6.07, 6.45) is -2.15. The SMILES string of the molecule is CCC1(OC(=O)C(F)(F)S(=O)(=O)[N-]S(=O)(=O)OC2C3CC4C(=O)OC2C4O3)CCCC1. The summed E-state index contributed by atoms with van der Waals surface area (Å²) in [7, 11) is -11.7. The molecule has 5 unspecified atom stereocenters. The summed E-state index contributed by atoms with van der Waals surface area (Å²) in [5.74, 6) is -3.60. The van der Waals surface area contributed by atoms with Crippen LogP contribution in [0.1, 0.15) is 45.4 Å². The van der Waals surface area contributed by atoms with Crippen molar-refractivity contribution in [1.29, 1.82) is 0 Å². The van der Waals surface area contributed by atoms with Gasteiger partial charge in [-0.25, -0.2) is 21.6 Å². The van der Waals surface area contributed by atoms with Gasteiger partial charge in [0.15, 0.2) is 16.1 Å². The molecule has 5 atom stereocenters. The van der Waals surface area contributed by atoms with Crippen molar-refractivity contribution in [3.8, 4) is 0 Å². The Hall–Kier alpha value is -1.42. The molecule has 1 aliphatic carbocycles. The van der Waals surface area contributed by atoms with Crippen LogP contribution in [0.3, 0.4) is 0 Å². The Labute approximate surface area is 177 Å². The van der Waals surface area contributed by atoms with Gasteiger partial charge in [0.2, 0.25) is 10.3 Å². The summed E-state index contributed by atoms with van der Waals surface area (Å²) in [4.78, 5) is 23.6. The van der Waals surface area contributed by atoms with Gasteiger partial charge < -0.3 is 18.3 Å². The highest BCUT2D eigenvalue weighted by Crippen LogP contribution is 2.48. The maximum absolute atomic E-state index is 14.4. The van der Waals surface area contributed by atoms with E-state index < -0.39 is 73.5 Å². The Balaban J connectivity index is 1.45. The lowest BCUT2D eigenvalue weighted by molar-refractivity contribution is -0.177. The lowest BCUT2D eigenvalue weighted by Gasteiger charge is -2.32. The zero-order valence-corrected chi connectivity index (χ0v) is 17.9. The fourth-order valence-corrected chi connectivity index (χ4v) is 6.83. The average Bonchev–Trinajstić information content (AvgIpc) is 3.39. The molecular formula is C16H20F2NO10S2-. The molecule has 11 nitrogen and oxygen atoms in total. The van der Waals surface area contributed by atoms with Gasteiger partial charge in [-0.15, -0.1) is 0 Å². The Kier molecular flexibility index (Phi) is 5.36. The zero-order valence-electron chi connectivity index (χ0n) is 16.2. The number of fused-ring (bicyclic) bond motifs is 1. The van der Waals surface area contributed by atoms with Gasteiger partial charge >= 0.3 is 17.2 Å². The van der Waals surface area contributed by atoms with E-state index >= 15 is 0 Å². The molecule has 4 aliphatic rings. The van der Waals surface area contributed by atoms with Crippen LogP contribution in [0.2, 0.25) is 0 Å². The molecule has 2 bridgehead atoms. The van der Waals surface area contributed by atoms with E-state index in [0.717, 1.165) is 0 Å². The van der Waals surface area contributed by atoms with Crippen LogP contribution in [0, 0.1) is 5.92 Å². The molecular weight excluding hydrogens is 468 g/mol. The van der Waals surface area contributed by atoms with Crippen LogP contribution in [0.15, 0.2) is 0 Å². The number of halogens is 2. The fourth-order valence-electron chi connectivity index (χ4n) is 4.59. The second kappa shape index (κ2) is 7.30. The van der Waals surface area contributed by atoms with Crippen molar-refractivity contribution >= 4 is 32.3 Å². The summed E-state index contributed by atoms with van der Waals surface area (Å²) < 4.78 is 99.0. The number of nitrogens with zero attached hydrogens (tertiary/aromatic N) is 1. The summed E-state index contributed by atoms with van der Waals surface area (Å²) in [5.41, 5.74) is -1.23. The number of ether oxygens (including phenoxy) is 3. The highest BCUT2D eigenvalue weighted by Gasteiger charge is 2.65. The topological polar surface area (TPSA) is 153 Å². The first-order valence-corrected chi connectivity index (χ1v) is 12.5. The molecule has 31 heavy (non-hydrogen) atoms. The number of rotatable bonds is 8. The molecule has 1 saturated carbocycles. The van der Waals surface area contributed by atoms with Crippen LogP contribution in [0.25, 0.3) is 4.13 Å². The van der Waals surface area contributed by atoms with Gasteiger partial charge in [-0.3, -0.25) is 8.98 Å². The lowest BCUT2D eigenvalue weighted by Crippen LogP contribution is -2.45. The largest absolute Gasteiger partial charge is 0.456 e. The molecule has 0 radical (unpaired) electrons. The zero-order chi connectivity index (χ0) is 22.8. The maximum Gasteiger partial charge on any atom is 0.424 e. The number of hydrogen-bond donors (Lipinski definition) is 0. The molecule has 4 fully saturated rings. The van der Waals surface area contributed by atoms with Gasteiger partial charge in [0.1, 0.15) is 17.8 Å². The van der Waals surface area contributed by atoms with Crippen LogP contribution in [0.4, 0.5) is 8.78 Å². The first kappa shape index (κ1) is 22.8. The number of esters is 2. The first-order chi connectivity index (χ1) is 14.3. The summed E-state index contributed by atoms with van der Waals surface area (Å²) in [5, 5.41) is -5.25. The molecule has 0 spiro atoms. The average molecular weight is 488 g/mol. The molecule has 3 aliphatic heterocycles. The molecule has 0 N–H and O–H groups in total. The van der Waals surface area contributed by atoms with E-state index in [1.165, 1.54) is 0 Å². The van der Waals surface area contributed by atoms with E-state index in [-0.39, 0.29) is 25.7 Å². The van der Waals surface area contributed by atoms with Gasteiger partial charge in [-0.2, -0.15) is 8.78 Å². The summed E-state index contributed by atoms with van der Waals surface area (Å²) >= 11 is 0. The van der Waals surface area contributed by atoms with E-state index in [4.69, 9.17) is 14.2 Å². The molecule has 3 heterocycles. The third-order valence-corrected chi connectivity index (χ3v) is 9.03. The Morgan fingerprint density at radius 3 is 2.48 bits per heavy atom. The second-order valence-corrected chi connectivity index (χ2v) is 11.2. The number of hydrogen-bond acceptors (Lipinski definition) is 10. The van der Waals surface area contributed by atoms with Gasteiger partial charge in [-0.1, -0.05) is 6.92 Å². The third kappa shape index (κ3) is 3.73. The van der Waals surface area contributed by atoms with E-state index in [0.29, 0.717) is 12.8 Å². The van der Waals surface area contributed by atoms with Crippen molar-refractivity contribution < 1.29 is 53.6 Å². The Morgan fingerprint density at radius 1 is 1.23 bits per heavy atom. The second-order valence-electron chi connectivity index (χ2n) is 8.07.